The van der Waals surface area contributed by atoms with Gasteiger partial charge < -0.3 is 15.0 Å². The standard InChI is InChI=1S/C13H17N3O/c1-3-12(14)13-8-15-9-16(13)10-4-6-11(17-2)7-5-10/h4-9,12H,3,14H2,1-2H3/t12-/m1/s1. The number of ether oxygens (including phenoxy) is 1. The van der Waals surface area contributed by atoms with Gasteiger partial charge in [0.1, 0.15) is 5.75 Å². The van der Waals surface area contributed by atoms with Crippen LogP contribution >= 0.6 is 0 Å². The van der Waals surface area contributed by atoms with E-state index in [0.717, 1.165) is 23.6 Å². The van der Waals surface area contributed by atoms with Crippen molar-refractivity contribution in [2.45, 2.75) is 19.4 Å². The van der Waals surface area contributed by atoms with Crippen LogP contribution in [0.25, 0.3) is 5.69 Å². The van der Waals surface area contributed by atoms with E-state index in [-0.39, 0.29) is 6.04 Å². The lowest BCUT2D eigenvalue weighted by molar-refractivity contribution is 0.414. The van der Waals surface area contributed by atoms with Crippen molar-refractivity contribution in [3.05, 3.63) is 42.5 Å². The molecule has 0 saturated heterocycles. The van der Waals surface area contributed by atoms with E-state index in [9.17, 15) is 0 Å². The monoisotopic (exact) mass is 231 g/mol. The number of nitrogens with zero attached hydrogens (tertiary/aromatic N) is 2. The fraction of sp³-hybridized carbons (Fsp3) is 0.308. The summed E-state index contributed by atoms with van der Waals surface area (Å²) in [6.07, 6.45) is 4.49. The quantitative estimate of drug-likeness (QED) is 0.878. The second-order valence-electron chi connectivity index (χ2n) is 3.90. The van der Waals surface area contributed by atoms with Crippen molar-refractivity contribution >= 4 is 0 Å². The van der Waals surface area contributed by atoms with Gasteiger partial charge in [-0.05, 0) is 30.7 Å². The summed E-state index contributed by atoms with van der Waals surface area (Å²) in [6.45, 7) is 2.07. The molecular weight excluding hydrogens is 214 g/mol. The summed E-state index contributed by atoms with van der Waals surface area (Å²) in [5.41, 5.74) is 8.12. The van der Waals surface area contributed by atoms with E-state index < -0.39 is 0 Å². The first-order valence-corrected chi connectivity index (χ1v) is 5.68. The Morgan fingerprint density at radius 1 is 1.35 bits per heavy atom. The van der Waals surface area contributed by atoms with Crippen molar-refractivity contribution in [1.29, 1.82) is 0 Å². The van der Waals surface area contributed by atoms with Gasteiger partial charge in [0.2, 0.25) is 0 Å². The molecule has 1 atom stereocenters. The first-order chi connectivity index (χ1) is 8.26. The first-order valence-electron chi connectivity index (χ1n) is 5.68. The van der Waals surface area contributed by atoms with Gasteiger partial charge in [-0.3, -0.25) is 0 Å². The molecule has 1 aromatic carbocycles. The molecule has 1 heterocycles. The molecule has 0 amide bonds. The number of aromatic nitrogens is 2. The largest absolute Gasteiger partial charge is 0.497 e. The average Bonchev–Trinajstić information content (AvgIpc) is 2.87. The zero-order valence-electron chi connectivity index (χ0n) is 10.1. The average molecular weight is 231 g/mol. The number of rotatable bonds is 4. The van der Waals surface area contributed by atoms with Gasteiger partial charge in [-0.1, -0.05) is 6.92 Å². The van der Waals surface area contributed by atoms with Crippen molar-refractivity contribution < 1.29 is 4.74 Å². The van der Waals surface area contributed by atoms with Crippen molar-refractivity contribution in [3.63, 3.8) is 0 Å². The molecule has 90 valence electrons. The number of nitrogens with two attached hydrogens (primary N) is 1. The number of methoxy groups -OCH3 is 1. The molecule has 2 rings (SSSR count). The third kappa shape index (κ3) is 2.31. The molecule has 0 bridgehead atoms. The topological polar surface area (TPSA) is 53.1 Å². The molecule has 0 spiro atoms. The molecule has 0 aliphatic carbocycles. The second kappa shape index (κ2) is 5.01. The van der Waals surface area contributed by atoms with Crippen LogP contribution in [-0.4, -0.2) is 16.7 Å². The van der Waals surface area contributed by atoms with Crippen LogP contribution in [0.1, 0.15) is 25.1 Å². The highest BCUT2D eigenvalue weighted by Gasteiger charge is 2.10. The van der Waals surface area contributed by atoms with Gasteiger partial charge in [0.05, 0.1) is 25.3 Å². The molecule has 2 N–H and O–H groups in total. The van der Waals surface area contributed by atoms with Crippen LogP contribution in [0.4, 0.5) is 0 Å². The fourth-order valence-corrected chi connectivity index (χ4v) is 1.75. The lowest BCUT2D eigenvalue weighted by atomic mass is 10.2. The summed E-state index contributed by atoms with van der Waals surface area (Å²) >= 11 is 0. The molecule has 4 nitrogen and oxygen atoms in total. The van der Waals surface area contributed by atoms with Crippen molar-refractivity contribution in [2.24, 2.45) is 5.73 Å². The Bertz CT molecular complexity index is 476. The van der Waals surface area contributed by atoms with Gasteiger partial charge in [0.25, 0.3) is 0 Å². The summed E-state index contributed by atoms with van der Waals surface area (Å²) in [4.78, 5) is 4.16. The van der Waals surface area contributed by atoms with Crippen molar-refractivity contribution in [3.8, 4) is 11.4 Å². The van der Waals surface area contributed by atoms with Crippen LogP contribution in [0.5, 0.6) is 5.75 Å². The molecule has 0 unspecified atom stereocenters. The van der Waals surface area contributed by atoms with Crippen LogP contribution in [0, 0.1) is 0 Å². The van der Waals surface area contributed by atoms with Crippen LogP contribution in [0.2, 0.25) is 0 Å². The maximum absolute atomic E-state index is 6.05. The Morgan fingerprint density at radius 3 is 2.65 bits per heavy atom. The van der Waals surface area contributed by atoms with Crippen molar-refractivity contribution in [2.75, 3.05) is 7.11 Å². The van der Waals surface area contributed by atoms with E-state index in [1.807, 2.05) is 35.0 Å². The van der Waals surface area contributed by atoms with Gasteiger partial charge in [0.15, 0.2) is 0 Å². The Kier molecular flexibility index (Phi) is 3.44. The highest BCUT2D eigenvalue weighted by Crippen LogP contribution is 2.20. The highest BCUT2D eigenvalue weighted by atomic mass is 16.5. The fourth-order valence-electron chi connectivity index (χ4n) is 1.75. The van der Waals surface area contributed by atoms with Crippen LogP contribution < -0.4 is 10.5 Å². The van der Waals surface area contributed by atoms with Gasteiger partial charge in [-0.2, -0.15) is 0 Å². The number of hydrogen-bond acceptors (Lipinski definition) is 3. The summed E-state index contributed by atoms with van der Waals surface area (Å²) in [5, 5.41) is 0. The van der Waals surface area contributed by atoms with E-state index in [2.05, 4.69) is 11.9 Å². The number of benzene rings is 1. The smallest absolute Gasteiger partial charge is 0.119 e. The maximum atomic E-state index is 6.05. The number of imidazole rings is 1. The minimum absolute atomic E-state index is 0.0135. The third-order valence-corrected chi connectivity index (χ3v) is 2.84. The Balaban J connectivity index is 2.35. The molecule has 4 heteroatoms. The lowest BCUT2D eigenvalue weighted by Crippen LogP contribution is -2.13. The molecule has 0 fully saturated rings. The zero-order valence-corrected chi connectivity index (χ0v) is 10.1. The highest BCUT2D eigenvalue weighted by molar-refractivity contribution is 5.39. The summed E-state index contributed by atoms with van der Waals surface area (Å²) in [5.74, 6) is 0.843. The first kappa shape index (κ1) is 11.7. The predicted molar refractivity (Wildman–Crippen MR) is 67.3 cm³/mol. The van der Waals surface area contributed by atoms with E-state index >= 15 is 0 Å². The zero-order chi connectivity index (χ0) is 12.3. The van der Waals surface area contributed by atoms with Gasteiger partial charge >= 0.3 is 0 Å². The van der Waals surface area contributed by atoms with Crippen LogP contribution in [-0.2, 0) is 0 Å². The minimum atomic E-state index is 0.0135. The van der Waals surface area contributed by atoms with Gasteiger partial charge in [-0.25, -0.2) is 4.98 Å². The minimum Gasteiger partial charge on any atom is -0.497 e. The molecule has 0 radical (unpaired) electrons. The predicted octanol–water partition coefficient (Wildman–Crippen LogP) is 2.29. The third-order valence-electron chi connectivity index (χ3n) is 2.84. The molecular formula is C13H17N3O. The Hall–Kier alpha value is -1.81. The molecule has 1 aromatic heterocycles. The Labute approximate surface area is 101 Å². The van der Waals surface area contributed by atoms with E-state index in [1.54, 1.807) is 13.4 Å². The summed E-state index contributed by atoms with van der Waals surface area (Å²) in [6, 6.07) is 7.85. The SMILES string of the molecule is CC[C@@H](N)c1cncn1-c1ccc(OC)cc1. The molecule has 2 aromatic rings. The maximum Gasteiger partial charge on any atom is 0.119 e. The summed E-state index contributed by atoms with van der Waals surface area (Å²) < 4.78 is 7.14. The summed E-state index contributed by atoms with van der Waals surface area (Å²) in [7, 11) is 1.66. The second-order valence-corrected chi connectivity index (χ2v) is 3.90. The molecule has 0 aliphatic rings. The van der Waals surface area contributed by atoms with Crippen LogP contribution in [0.3, 0.4) is 0 Å². The van der Waals surface area contributed by atoms with E-state index in [4.69, 9.17) is 10.5 Å². The normalized spacial score (nSPS) is 12.4. The van der Waals surface area contributed by atoms with E-state index in [0.29, 0.717) is 0 Å². The molecule has 0 aliphatic heterocycles. The molecule has 0 saturated carbocycles. The van der Waals surface area contributed by atoms with Crippen LogP contribution in [0.15, 0.2) is 36.8 Å². The van der Waals surface area contributed by atoms with Gasteiger partial charge in [-0.15, -0.1) is 0 Å². The lowest BCUT2D eigenvalue weighted by Gasteiger charge is -2.13. The van der Waals surface area contributed by atoms with E-state index in [1.165, 1.54) is 0 Å². The number of hydrogen-bond donors (Lipinski definition) is 1. The van der Waals surface area contributed by atoms with Gasteiger partial charge in [0, 0.05) is 11.7 Å². The Morgan fingerprint density at radius 2 is 2.06 bits per heavy atom. The van der Waals surface area contributed by atoms with Crippen molar-refractivity contribution in [1.82, 2.24) is 9.55 Å². The molecule has 17 heavy (non-hydrogen) atoms.